The van der Waals surface area contributed by atoms with Crippen LogP contribution in [0.3, 0.4) is 0 Å². The fourth-order valence-electron chi connectivity index (χ4n) is 3.07. The second-order valence-electron chi connectivity index (χ2n) is 6.44. The van der Waals surface area contributed by atoms with Crippen molar-refractivity contribution in [3.63, 3.8) is 0 Å². The highest BCUT2D eigenvalue weighted by Gasteiger charge is 2.43. The van der Waals surface area contributed by atoms with E-state index in [4.69, 9.17) is 5.11 Å². The maximum Gasteiger partial charge on any atom is 0.335 e. The molecule has 0 aromatic heterocycles. The Hall–Kier alpha value is -3.94. The van der Waals surface area contributed by atoms with Crippen LogP contribution in [0.5, 0.6) is 0 Å². The van der Waals surface area contributed by atoms with E-state index in [9.17, 15) is 19.2 Å². The quantitative estimate of drug-likeness (QED) is 0.673. The van der Waals surface area contributed by atoms with Crippen LogP contribution in [-0.2, 0) is 9.59 Å². The van der Waals surface area contributed by atoms with Crippen molar-refractivity contribution in [3.05, 3.63) is 71.4 Å². The molecule has 2 aromatic rings. The molecule has 8 heteroatoms. The van der Waals surface area contributed by atoms with Crippen LogP contribution in [0.2, 0.25) is 0 Å². The molecule has 0 saturated carbocycles. The third-order valence-electron chi connectivity index (χ3n) is 4.56. The normalized spacial score (nSPS) is 17.2. The van der Waals surface area contributed by atoms with Crippen molar-refractivity contribution in [1.82, 2.24) is 5.32 Å². The summed E-state index contributed by atoms with van der Waals surface area (Å²) in [7, 11) is 0. The van der Waals surface area contributed by atoms with Gasteiger partial charge in [-0.2, -0.15) is 0 Å². The average Bonchev–Trinajstić information content (AvgIpc) is 2.68. The van der Waals surface area contributed by atoms with Gasteiger partial charge in [-0.1, -0.05) is 24.3 Å². The Morgan fingerprint density at radius 2 is 1.76 bits per heavy atom. The molecule has 1 aliphatic heterocycles. The minimum Gasteiger partial charge on any atom is -0.478 e. The molecule has 0 spiro atoms. The lowest BCUT2D eigenvalue weighted by molar-refractivity contribution is -0.132. The van der Waals surface area contributed by atoms with Crippen LogP contribution >= 0.6 is 0 Å². The van der Waals surface area contributed by atoms with Crippen LogP contribution in [-0.4, -0.2) is 28.9 Å². The number of carboxylic acids is 1. The van der Waals surface area contributed by atoms with Crippen molar-refractivity contribution in [2.75, 3.05) is 10.2 Å². The molecule has 1 fully saturated rings. The predicted octanol–water partition coefficient (Wildman–Crippen LogP) is 2.91. The van der Waals surface area contributed by atoms with E-state index in [1.54, 1.807) is 44.2 Å². The number of aromatic carboxylic acids is 1. The summed E-state index contributed by atoms with van der Waals surface area (Å²) in [6.45, 7) is 3.42. The number of rotatable bonds is 5. The van der Waals surface area contributed by atoms with Gasteiger partial charge in [0, 0.05) is 11.4 Å². The maximum atomic E-state index is 13.1. The van der Waals surface area contributed by atoms with Gasteiger partial charge in [-0.25, -0.2) is 14.5 Å². The highest BCUT2D eigenvalue weighted by atomic mass is 16.4. The molecule has 0 bridgehead atoms. The van der Waals surface area contributed by atoms with Crippen molar-refractivity contribution >= 4 is 35.2 Å². The molecule has 3 N–H and O–H groups in total. The van der Waals surface area contributed by atoms with Gasteiger partial charge in [0.05, 0.1) is 11.3 Å². The lowest BCUT2D eigenvalue weighted by Crippen LogP contribution is -2.59. The van der Waals surface area contributed by atoms with Crippen LogP contribution in [0.15, 0.2) is 60.3 Å². The van der Waals surface area contributed by atoms with Gasteiger partial charge < -0.3 is 10.4 Å². The van der Waals surface area contributed by atoms with Gasteiger partial charge in [-0.3, -0.25) is 14.9 Å². The summed E-state index contributed by atoms with van der Waals surface area (Å²) in [5.41, 5.74) is 2.00. The van der Waals surface area contributed by atoms with Gasteiger partial charge in [0.1, 0.15) is 0 Å². The smallest absolute Gasteiger partial charge is 0.335 e. The van der Waals surface area contributed by atoms with Gasteiger partial charge in [0.25, 0.3) is 5.91 Å². The number of allylic oxidation sites excluding steroid dienone is 1. The molecule has 4 amide bonds. The number of urea groups is 1. The molecule has 3 rings (SSSR count). The minimum absolute atomic E-state index is 0.111. The van der Waals surface area contributed by atoms with Crippen molar-refractivity contribution in [3.8, 4) is 0 Å². The van der Waals surface area contributed by atoms with Gasteiger partial charge in [-0.05, 0) is 49.7 Å². The number of barbiturate groups is 1. The Morgan fingerprint density at radius 1 is 1.10 bits per heavy atom. The van der Waals surface area contributed by atoms with Crippen LogP contribution in [0, 0.1) is 12.8 Å². The third kappa shape index (κ3) is 3.86. The van der Waals surface area contributed by atoms with Gasteiger partial charge in [-0.15, -0.1) is 0 Å². The number of carbonyl (C=O) groups is 4. The number of imide groups is 2. The molecule has 1 aliphatic rings. The summed E-state index contributed by atoms with van der Waals surface area (Å²) < 4.78 is 0. The SMILES string of the molecule is C/C=C(/Nc1ccc(C(=O)O)cc1)[C@@H]1C(=O)NC(=O)N(c2ccccc2C)C1=O. The maximum absolute atomic E-state index is 13.1. The van der Waals surface area contributed by atoms with E-state index < -0.39 is 29.7 Å². The van der Waals surface area contributed by atoms with Crippen LogP contribution in [0.4, 0.5) is 16.2 Å². The molecule has 1 heterocycles. The van der Waals surface area contributed by atoms with Gasteiger partial charge in [0.15, 0.2) is 5.92 Å². The third-order valence-corrected chi connectivity index (χ3v) is 4.56. The zero-order valence-corrected chi connectivity index (χ0v) is 15.8. The Balaban J connectivity index is 1.91. The molecule has 0 aliphatic carbocycles. The number of benzene rings is 2. The molecule has 148 valence electrons. The van der Waals surface area contributed by atoms with Crippen LogP contribution in [0.25, 0.3) is 0 Å². The van der Waals surface area contributed by atoms with Crippen molar-refractivity contribution in [2.24, 2.45) is 5.92 Å². The highest BCUT2D eigenvalue weighted by Crippen LogP contribution is 2.28. The van der Waals surface area contributed by atoms with Gasteiger partial charge >= 0.3 is 12.0 Å². The molecule has 1 saturated heterocycles. The average molecular weight is 393 g/mol. The first kappa shape index (κ1) is 19.8. The lowest BCUT2D eigenvalue weighted by Gasteiger charge is -2.32. The van der Waals surface area contributed by atoms with Crippen molar-refractivity contribution < 1.29 is 24.3 Å². The molecule has 29 heavy (non-hydrogen) atoms. The van der Waals surface area contributed by atoms with E-state index in [1.165, 1.54) is 24.3 Å². The number of carbonyl (C=O) groups excluding carboxylic acids is 3. The molecule has 2 aromatic carbocycles. The lowest BCUT2D eigenvalue weighted by atomic mass is 9.98. The number of hydrogen-bond donors (Lipinski definition) is 3. The second-order valence-corrected chi connectivity index (χ2v) is 6.44. The van der Waals surface area contributed by atoms with E-state index in [0.29, 0.717) is 16.9 Å². The molecular weight excluding hydrogens is 374 g/mol. The molecule has 0 radical (unpaired) electrons. The van der Waals surface area contributed by atoms with E-state index in [2.05, 4.69) is 10.6 Å². The summed E-state index contributed by atoms with van der Waals surface area (Å²) >= 11 is 0. The minimum atomic E-state index is -1.25. The number of aryl methyl sites for hydroxylation is 1. The fourth-order valence-corrected chi connectivity index (χ4v) is 3.07. The standard InChI is InChI=1S/C21H19N3O5/c1-3-15(22-14-10-8-13(9-11-14)20(27)28)17-18(25)23-21(29)24(19(17)26)16-7-5-4-6-12(16)2/h3-11,17,22H,1-2H3,(H,27,28)(H,23,25,29)/b15-3+/t17-/m1/s1. The summed E-state index contributed by atoms with van der Waals surface area (Å²) in [4.78, 5) is 49.9. The fraction of sp³-hybridized carbons (Fsp3) is 0.143. The predicted molar refractivity (Wildman–Crippen MR) is 106 cm³/mol. The number of anilines is 2. The first-order valence-corrected chi connectivity index (χ1v) is 8.84. The Labute approximate surface area is 166 Å². The second kappa shape index (κ2) is 7.97. The van der Waals surface area contributed by atoms with E-state index >= 15 is 0 Å². The van der Waals surface area contributed by atoms with Crippen LogP contribution < -0.4 is 15.5 Å². The molecule has 1 atom stereocenters. The number of hydrogen-bond acceptors (Lipinski definition) is 5. The number of nitrogens with one attached hydrogen (secondary N) is 2. The van der Waals surface area contributed by atoms with Crippen molar-refractivity contribution in [2.45, 2.75) is 13.8 Å². The molecule has 0 unspecified atom stereocenters. The summed E-state index contributed by atoms with van der Waals surface area (Å²) in [6, 6.07) is 12.0. The largest absolute Gasteiger partial charge is 0.478 e. The van der Waals surface area contributed by atoms with Crippen molar-refractivity contribution in [1.29, 1.82) is 0 Å². The monoisotopic (exact) mass is 393 g/mol. The first-order chi connectivity index (χ1) is 13.8. The van der Waals surface area contributed by atoms with E-state index in [-0.39, 0.29) is 11.3 Å². The summed E-state index contributed by atoms with van der Waals surface area (Å²) in [6.07, 6.45) is 1.57. The zero-order valence-electron chi connectivity index (χ0n) is 15.8. The Morgan fingerprint density at radius 3 is 2.34 bits per heavy atom. The molecular formula is C21H19N3O5. The van der Waals surface area contributed by atoms with Gasteiger partial charge in [0.2, 0.25) is 5.91 Å². The number of para-hydroxylation sites is 1. The summed E-state index contributed by atoms with van der Waals surface area (Å²) in [5, 5.41) is 14.2. The topological polar surface area (TPSA) is 116 Å². The number of carboxylic acid groups (broad SMARTS) is 1. The molecule has 8 nitrogen and oxygen atoms in total. The summed E-state index contributed by atoms with van der Waals surface area (Å²) in [5.74, 6) is -3.71. The van der Waals surface area contributed by atoms with Crippen LogP contribution in [0.1, 0.15) is 22.8 Å². The number of nitrogens with zero attached hydrogens (tertiary/aromatic N) is 1. The van der Waals surface area contributed by atoms with E-state index in [0.717, 1.165) is 4.90 Å². The first-order valence-electron chi connectivity index (χ1n) is 8.84. The highest BCUT2D eigenvalue weighted by molar-refractivity contribution is 6.29. The Kier molecular flexibility index (Phi) is 5.45. The number of amides is 4. The Bertz CT molecular complexity index is 1030. The zero-order chi connectivity index (χ0) is 21.1. The van der Waals surface area contributed by atoms with E-state index in [1.807, 2.05) is 0 Å².